The Morgan fingerprint density at radius 1 is 1.27 bits per heavy atom. The number of aryl methyl sites for hydroxylation is 1. The number of hydrogen-bond acceptors (Lipinski definition) is 4. The monoisotopic (exact) mass is 152 g/mol. The van der Waals surface area contributed by atoms with E-state index in [-0.39, 0.29) is 5.91 Å². The van der Waals surface area contributed by atoms with Gasteiger partial charge in [0, 0.05) is 12.8 Å². The van der Waals surface area contributed by atoms with Gasteiger partial charge in [-0.05, 0) is 23.3 Å². The predicted molar refractivity (Wildman–Crippen MR) is 36.0 cm³/mol. The summed E-state index contributed by atoms with van der Waals surface area (Å²) in [5, 5.41) is 10.8. The van der Waals surface area contributed by atoms with Crippen molar-refractivity contribution in [2.75, 3.05) is 0 Å². The second-order valence-electron chi connectivity index (χ2n) is 2.61. The van der Waals surface area contributed by atoms with E-state index in [0.717, 1.165) is 19.3 Å². The summed E-state index contributed by atoms with van der Waals surface area (Å²) in [7, 11) is 0. The molecule has 0 N–H and O–H groups in total. The molecule has 2 rings (SSSR count). The van der Waals surface area contributed by atoms with E-state index in [1.807, 2.05) is 0 Å². The van der Waals surface area contributed by atoms with Crippen molar-refractivity contribution >= 4 is 5.91 Å². The zero-order valence-corrected chi connectivity index (χ0v) is 6.03. The highest BCUT2D eigenvalue weighted by Gasteiger charge is 2.16. The van der Waals surface area contributed by atoms with Crippen LogP contribution in [0.15, 0.2) is 0 Å². The lowest BCUT2D eigenvalue weighted by atomic mass is 10.2. The molecule has 1 aliphatic rings. The zero-order chi connectivity index (χ0) is 7.68. The summed E-state index contributed by atoms with van der Waals surface area (Å²) in [6.45, 7) is 0. The minimum Gasteiger partial charge on any atom is -0.272 e. The van der Waals surface area contributed by atoms with Gasteiger partial charge in [-0.15, -0.1) is 5.10 Å². The van der Waals surface area contributed by atoms with Gasteiger partial charge in [-0.2, -0.15) is 4.68 Å². The van der Waals surface area contributed by atoms with Crippen LogP contribution in [0.5, 0.6) is 0 Å². The molecule has 0 atom stereocenters. The Bertz CT molecular complexity index is 280. The fraction of sp³-hybridized carbons (Fsp3) is 0.667. The minimum atomic E-state index is 0.0162. The van der Waals surface area contributed by atoms with Crippen molar-refractivity contribution in [2.24, 2.45) is 0 Å². The van der Waals surface area contributed by atoms with Gasteiger partial charge in [-0.25, -0.2) is 0 Å². The van der Waals surface area contributed by atoms with Gasteiger partial charge in [-0.1, -0.05) is 0 Å². The van der Waals surface area contributed by atoms with E-state index in [1.54, 1.807) is 0 Å². The van der Waals surface area contributed by atoms with E-state index in [9.17, 15) is 4.79 Å². The number of carbonyl (C=O) groups is 1. The smallest absolute Gasteiger partial charge is 0.250 e. The van der Waals surface area contributed by atoms with Gasteiger partial charge >= 0.3 is 0 Å². The van der Waals surface area contributed by atoms with Crippen LogP contribution in [-0.4, -0.2) is 26.1 Å². The predicted octanol–water partition coefficient (Wildman–Crippen LogP) is 0.0397. The molecule has 1 aromatic rings. The Hall–Kier alpha value is -1.26. The van der Waals surface area contributed by atoms with Gasteiger partial charge in [-0.3, -0.25) is 4.79 Å². The van der Waals surface area contributed by atoms with Crippen LogP contribution in [0.25, 0.3) is 0 Å². The molecule has 11 heavy (non-hydrogen) atoms. The molecule has 5 heteroatoms. The lowest BCUT2D eigenvalue weighted by molar-refractivity contribution is 0.0884. The van der Waals surface area contributed by atoms with Gasteiger partial charge in [0.1, 0.15) is 0 Å². The Morgan fingerprint density at radius 2 is 2.09 bits per heavy atom. The average molecular weight is 152 g/mol. The third kappa shape index (κ3) is 1.02. The summed E-state index contributed by atoms with van der Waals surface area (Å²) in [6, 6.07) is 0. The van der Waals surface area contributed by atoms with Gasteiger partial charge in [0.25, 0.3) is 0 Å². The summed E-state index contributed by atoms with van der Waals surface area (Å²) < 4.78 is 1.31. The quantitative estimate of drug-likeness (QED) is 0.492. The second-order valence-corrected chi connectivity index (χ2v) is 2.61. The Labute approximate surface area is 63.4 Å². The van der Waals surface area contributed by atoms with Crippen molar-refractivity contribution in [3.63, 3.8) is 0 Å². The Morgan fingerprint density at radius 3 is 3.00 bits per heavy atom. The largest absolute Gasteiger partial charge is 0.272 e. The molecular formula is C6H8N4O. The number of aromatic nitrogens is 4. The van der Waals surface area contributed by atoms with Crippen molar-refractivity contribution in [2.45, 2.75) is 25.7 Å². The summed E-state index contributed by atoms with van der Waals surface area (Å²) >= 11 is 0. The normalized spacial score (nSPS) is 17.6. The van der Waals surface area contributed by atoms with Crippen LogP contribution in [0.4, 0.5) is 0 Å². The van der Waals surface area contributed by atoms with Crippen molar-refractivity contribution < 1.29 is 4.79 Å². The number of carbonyl (C=O) groups excluding carboxylic acids is 1. The molecular weight excluding hydrogens is 144 g/mol. The minimum absolute atomic E-state index is 0.0162. The molecule has 0 aliphatic carbocycles. The molecule has 5 nitrogen and oxygen atoms in total. The molecule has 0 saturated carbocycles. The first-order valence-corrected chi connectivity index (χ1v) is 3.68. The van der Waals surface area contributed by atoms with Gasteiger partial charge in [0.15, 0.2) is 5.82 Å². The maximum absolute atomic E-state index is 11.2. The first kappa shape index (κ1) is 6.45. The summed E-state index contributed by atoms with van der Waals surface area (Å²) in [4.78, 5) is 11.2. The molecule has 58 valence electrons. The zero-order valence-electron chi connectivity index (χ0n) is 6.03. The Kier molecular flexibility index (Phi) is 1.41. The fourth-order valence-electron chi connectivity index (χ4n) is 1.22. The highest BCUT2D eigenvalue weighted by molar-refractivity contribution is 5.78. The SMILES string of the molecule is O=C1CCCCc2nnnn21. The third-order valence-corrected chi connectivity index (χ3v) is 1.81. The lowest BCUT2D eigenvalue weighted by Crippen LogP contribution is -2.12. The van der Waals surface area contributed by atoms with E-state index in [0.29, 0.717) is 12.2 Å². The highest BCUT2D eigenvalue weighted by Crippen LogP contribution is 2.09. The van der Waals surface area contributed by atoms with E-state index < -0.39 is 0 Å². The van der Waals surface area contributed by atoms with E-state index in [4.69, 9.17) is 0 Å². The second kappa shape index (κ2) is 2.41. The van der Waals surface area contributed by atoms with Gasteiger partial charge in [0.05, 0.1) is 0 Å². The molecule has 2 heterocycles. The van der Waals surface area contributed by atoms with E-state index in [1.165, 1.54) is 4.68 Å². The maximum atomic E-state index is 11.2. The first-order chi connectivity index (χ1) is 5.38. The van der Waals surface area contributed by atoms with Crippen LogP contribution in [-0.2, 0) is 6.42 Å². The molecule has 0 radical (unpaired) electrons. The number of hydrogen-bond donors (Lipinski definition) is 0. The van der Waals surface area contributed by atoms with Crippen LogP contribution >= 0.6 is 0 Å². The molecule has 1 aromatic heterocycles. The summed E-state index contributed by atoms with van der Waals surface area (Å²) in [5.41, 5.74) is 0. The van der Waals surface area contributed by atoms with E-state index >= 15 is 0 Å². The van der Waals surface area contributed by atoms with Crippen LogP contribution in [0, 0.1) is 0 Å². The molecule has 0 amide bonds. The average Bonchev–Trinajstić information content (AvgIpc) is 2.40. The molecule has 0 fully saturated rings. The topological polar surface area (TPSA) is 60.7 Å². The third-order valence-electron chi connectivity index (χ3n) is 1.81. The van der Waals surface area contributed by atoms with Crippen LogP contribution < -0.4 is 0 Å². The highest BCUT2D eigenvalue weighted by atomic mass is 16.2. The Balaban J connectivity index is 2.41. The fourth-order valence-corrected chi connectivity index (χ4v) is 1.22. The molecule has 0 aromatic carbocycles. The van der Waals surface area contributed by atoms with Gasteiger partial charge in [0.2, 0.25) is 5.91 Å². The lowest BCUT2D eigenvalue weighted by Gasteiger charge is -1.93. The molecule has 1 aliphatic heterocycles. The van der Waals surface area contributed by atoms with Crippen LogP contribution in [0.3, 0.4) is 0 Å². The molecule has 0 saturated heterocycles. The first-order valence-electron chi connectivity index (χ1n) is 3.68. The van der Waals surface area contributed by atoms with Crippen molar-refractivity contribution in [3.05, 3.63) is 5.82 Å². The van der Waals surface area contributed by atoms with E-state index in [2.05, 4.69) is 15.5 Å². The standard InChI is InChI=1S/C6H8N4O/c11-6-4-2-1-3-5-7-8-9-10(5)6/h1-4H2. The van der Waals surface area contributed by atoms with Crippen molar-refractivity contribution in [1.29, 1.82) is 0 Å². The number of tetrazole rings is 1. The molecule has 0 unspecified atom stereocenters. The summed E-state index contributed by atoms with van der Waals surface area (Å²) in [6.07, 6.45) is 3.33. The molecule has 0 spiro atoms. The van der Waals surface area contributed by atoms with Crippen molar-refractivity contribution in [3.8, 4) is 0 Å². The van der Waals surface area contributed by atoms with Gasteiger partial charge < -0.3 is 0 Å². The van der Waals surface area contributed by atoms with Crippen molar-refractivity contribution in [1.82, 2.24) is 20.2 Å². The number of nitrogens with zero attached hydrogens (tertiary/aromatic N) is 4. The maximum Gasteiger partial charge on any atom is 0.250 e. The summed E-state index contributed by atoms with van der Waals surface area (Å²) in [5.74, 6) is 0.718. The number of rotatable bonds is 0. The van der Waals surface area contributed by atoms with Crippen LogP contribution in [0.2, 0.25) is 0 Å². The number of fused-ring (bicyclic) bond motifs is 1. The molecule has 0 bridgehead atoms. The van der Waals surface area contributed by atoms with Crippen LogP contribution in [0.1, 0.15) is 29.9 Å².